The molecule has 1 aromatic rings. The number of aliphatic hydroxyl groups is 1. The minimum Gasteiger partial charge on any atom is -0.387 e. The van der Waals surface area contributed by atoms with Crippen molar-refractivity contribution < 1.29 is 5.11 Å². The summed E-state index contributed by atoms with van der Waals surface area (Å²) in [7, 11) is 2.19. The minimum absolute atomic E-state index is 0.114. The van der Waals surface area contributed by atoms with E-state index in [1.54, 1.807) is 0 Å². The molecule has 0 radical (unpaired) electrons. The second-order valence-electron chi connectivity index (χ2n) is 10.1. The molecule has 0 saturated carbocycles. The van der Waals surface area contributed by atoms with Crippen LogP contribution in [0.5, 0.6) is 0 Å². The van der Waals surface area contributed by atoms with Crippen LogP contribution in [0.3, 0.4) is 0 Å². The van der Waals surface area contributed by atoms with Crippen molar-refractivity contribution in [3.8, 4) is 0 Å². The van der Waals surface area contributed by atoms with E-state index >= 15 is 0 Å². The Morgan fingerprint density at radius 1 is 1.06 bits per heavy atom. The lowest BCUT2D eigenvalue weighted by molar-refractivity contribution is 0.0925. The number of aliphatic hydroxyl groups excluding tert-OH is 1. The van der Waals surface area contributed by atoms with Crippen molar-refractivity contribution in [1.29, 1.82) is 0 Å². The van der Waals surface area contributed by atoms with Gasteiger partial charge in [-0.1, -0.05) is 58.9 Å². The van der Waals surface area contributed by atoms with E-state index in [0.717, 1.165) is 50.8 Å². The average molecular weight is 432 g/mol. The largest absolute Gasteiger partial charge is 0.387 e. The van der Waals surface area contributed by atoms with Crippen molar-refractivity contribution in [1.82, 2.24) is 20.4 Å². The van der Waals surface area contributed by atoms with Gasteiger partial charge in [-0.15, -0.1) is 0 Å². The summed E-state index contributed by atoms with van der Waals surface area (Å²) < 4.78 is 0. The number of likely N-dealkylation sites (N-methyl/N-ethyl adjacent to an activating group) is 1. The van der Waals surface area contributed by atoms with Crippen LogP contribution in [0.4, 0.5) is 0 Å². The molecule has 2 atom stereocenters. The fourth-order valence-corrected chi connectivity index (χ4v) is 3.94. The van der Waals surface area contributed by atoms with Gasteiger partial charge in [0, 0.05) is 45.3 Å². The van der Waals surface area contributed by atoms with E-state index in [1.807, 2.05) is 12.1 Å². The van der Waals surface area contributed by atoms with Gasteiger partial charge in [0.25, 0.3) is 0 Å². The molecule has 0 aliphatic carbocycles. The molecule has 1 aliphatic heterocycles. The highest BCUT2D eigenvalue weighted by Gasteiger charge is 2.25. The SMILES string of the molecule is CCNC(=NCC(C(C)C)N1CCN(C)CC1)NCC(O)c1ccc(C(C)(C)C)cc1. The monoisotopic (exact) mass is 431 g/mol. The summed E-state index contributed by atoms with van der Waals surface area (Å²) in [6.45, 7) is 19.6. The van der Waals surface area contributed by atoms with Gasteiger partial charge in [-0.25, -0.2) is 0 Å². The zero-order chi connectivity index (χ0) is 23.0. The molecule has 1 heterocycles. The number of hydrogen-bond donors (Lipinski definition) is 3. The first kappa shape index (κ1) is 25.6. The lowest BCUT2D eigenvalue weighted by atomic mass is 9.86. The number of piperazine rings is 1. The van der Waals surface area contributed by atoms with Gasteiger partial charge in [-0.05, 0) is 36.4 Å². The van der Waals surface area contributed by atoms with Crippen LogP contribution in [0, 0.1) is 5.92 Å². The maximum absolute atomic E-state index is 10.7. The summed E-state index contributed by atoms with van der Waals surface area (Å²) in [6, 6.07) is 8.71. The van der Waals surface area contributed by atoms with Crippen molar-refractivity contribution in [3.05, 3.63) is 35.4 Å². The average Bonchev–Trinajstić information content (AvgIpc) is 2.72. The summed E-state index contributed by atoms with van der Waals surface area (Å²) in [4.78, 5) is 9.83. The molecule has 1 saturated heterocycles. The van der Waals surface area contributed by atoms with Gasteiger partial charge in [-0.3, -0.25) is 9.89 Å². The van der Waals surface area contributed by atoms with Crippen LogP contribution in [0.2, 0.25) is 0 Å². The second kappa shape index (κ2) is 11.8. The van der Waals surface area contributed by atoms with Gasteiger partial charge < -0.3 is 20.6 Å². The lowest BCUT2D eigenvalue weighted by Gasteiger charge is -2.39. The van der Waals surface area contributed by atoms with Crippen LogP contribution < -0.4 is 10.6 Å². The third-order valence-corrected chi connectivity index (χ3v) is 6.18. The van der Waals surface area contributed by atoms with E-state index in [9.17, 15) is 5.11 Å². The minimum atomic E-state index is -0.573. The van der Waals surface area contributed by atoms with E-state index < -0.39 is 6.10 Å². The maximum atomic E-state index is 10.7. The molecule has 176 valence electrons. The number of hydrogen-bond acceptors (Lipinski definition) is 4. The Bertz CT molecular complexity index is 672. The zero-order valence-electron chi connectivity index (χ0n) is 20.8. The first-order valence-corrected chi connectivity index (χ1v) is 11.8. The van der Waals surface area contributed by atoms with Crippen LogP contribution in [0.1, 0.15) is 58.8 Å². The molecule has 0 bridgehead atoms. The number of rotatable bonds is 8. The maximum Gasteiger partial charge on any atom is 0.191 e. The molecule has 31 heavy (non-hydrogen) atoms. The molecule has 1 aliphatic rings. The quantitative estimate of drug-likeness (QED) is 0.436. The zero-order valence-corrected chi connectivity index (χ0v) is 20.8. The Hall–Kier alpha value is -1.63. The van der Waals surface area contributed by atoms with Crippen molar-refractivity contribution in [3.63, 3.8) is 0 Å². The van der Waals surface area contributed by atoms with Crippen molar-refractivity contribution in [2.45, 2.75) is 59.1 Å². The van der Waals surface area contributed by atoms with Crippen molar-refractivity contribution in [2.75, 3.05) is 52.9 Å². The summed E-state index contributed by atoms with van der Waals surface area (Å²) in [5, 5.41) is 17.3. The van der Waals surface area contributed by atoms with Crippen LogP contribution >= 0.6 is 0 Å². The fourth-order valence-electron chi connectivity index (χ4n) is 3.94. The van der Waals surface area contributed by atoms with Gasteiger partial charge in [0.2, 0.25) is 0 Å². The van der Waals surface area contributed by atoms with Crippen molar-refractivity contribution in [2.24, 2.45) is 10.9 Å². The Kier molecular flexibility index (Phi) is 9.79. The lowest BCUT2D eigenvalue weighted by Crippen LogP contribution is -2.52. The highest BCUT2D eigenvalue weighted by Crippen LogP contribution is 2.23. The van der Waals surface area contributed by atoms with E-state index in [2.05, 4.69) is 81.2 Å². The molecule has 0 spiro atoms. The first-order valence-electron chi connectivity index (χ1n) is 11.8. The van der Waals surface area contributed by atoms with Crippen molar-refractivity contribution >= 4 is 5.96 Å². The molecular formula is C25H45N5O. The smallest absolute Gasteiger partial charge is 0.191 e. The molecule has 1 aromatic carbocycles. The van der Waals surface area contributed by atoms with Crippen LogP contribution in [0.25, 0.3) is 0 Å². The number of guanidine groups is 1. The Labute approximate surface area is 190 Å². The number of nitrogens with one attached hydrogen (secondary N) is 2. The first-order chi connectivity index (χ1) is 14.6. The molecule has 2 unspecified atom stereocenters. The van der Waals surface area contributed by atoms with Gasteiger partial charge >= 0.3 is 0 Å². The Morgan fingerprint density at radius 3 is 2.19 bits per heavy atom. The van der Waals surface area contributed by atoms with Crippen LogP contribution in [-0.4, -0.2) is 79.8 Å². The van der Waals surface area contributed by atoms with Gasteiger partial charge in [-0.2, -0.15) is 0 Å². The normalized spacial score (nSPS) is 18.8. The third kappa shape index (κ3) is 8.09. The second-order valence-corrected chi connectivity index (χ2v) is 10.1. The molecular weight excluding hydrogens is 386 g/mol. The number of nitrogens with zero attached hydrogens (tertiary/aromatic N) is 3. The predicted octanol–water partition coefficient (Wildman–Crippen LogP) is 2.84. The fraction of sp³-hybridized carbons (Fsp3) is 0.720. The molecule has 6 heteroatoms. The topological polar surface area (TPSA) is 63.1 Å². The summed E-state index contributed by atoms with van der Waals surface area (Å²) in [5.74, 6) is 1.31. The third-order valence-electron chi connectivity index (χ3n) is 6.18. The molecule has 2 rings (SSSR count). The van der Waals surface area contributed by atoms with E-state index in [0.29, 0.717) is 18.5 Å². The Balaban J connectivity index is 1.96. The Morgan fingerprint density at radius 2 is 1.68 bits per heavy atom. The van der Waals surface area contributed by atoms with E-state index in [-0.39, 0.29) is 5.41 Å². The highest BCUT2D eigenvalue weighted by atomic mass is 16.3. The van der Waals surface area contributed by atoms with Crippen LogP contribution in [0.15, 0.2) is 29.3 Å². The number of aliphatic imine (C=N–C) groups is 1. The molecule has 1 fully saturated rings. The molecule has 0 amide bonds. The summed E-state index contributed by atoms with van der Waals surface area (Å²) in [6.07, 6.45) is -0.573. The predicted molar refractivity (Wildman–Crippen MR) is 132 cm³/mol. The highest BCUT2D eigenvalue weighted by molar-refractivity contribution is 5.79. The molecule has 6 nitrogen and oxygen atoms in total. The van der Waals surface area contributed by atoms with Gasteiger partial charge in [0.05, 0.1) is 12.6 Å². The summed E-state index contributed by atoms with van der Waals surface area (Å²) in [5.41, 5.74) is 2.31. The van der Waals surface area contributed by atoms with E-state index in [1.165, 1.54) is 5.56 Å². The van der Waals surface area contributed by atoms with Gasteiger partial charge in [0.1, 0.15) is 0 Å². The van der Waals surface area contributed by atoms with E-state index in [4.69, 9.17) is 4.99 Å². The molecule has 3 N–H and O–H groups in total. The summed E-state index contributed by atoms with van der Waals surface area (Å²) >= 11 is 0. The number of benzene rings is 1. The van der Waals surface area contributed by atoms with Crippen LogP contribution in [-0.2, 0) is 5.41 Å². The van der Waals surface area contributed by atoms with Gasteiger partial charge in [0.15, 0.2) is 5.96 Å². The molecule has 0 aromatic heterocycles. The standard InChI is InChI=1S/C25H45N5O/c1-8-26-24(27-17-22(19(2)3)30-15-13-29(7)14-16-30)28-18-23(31)20-9-11-21(12-10-20)25(4,5)6/h9-12,19,22-23,31H,8,13-18H2,1-7H3,(H2,26,27,28).